The predicted molar refractivity (Wildman–Crippen MR) is 132 cm³/mol. The van der Waals surface area contributed by atoms with Gasteiger partial charge in [-0.25, -0.2) is 17.9 Å². The highest BCUT2D eigenvalue weighted by Gasteiger charge is 2.21. The first-order valence-corrected chi connectivity index (χ1v) is 12.9. The van der Waals surface area contributed by atoms with Gasteiger partial charge in [0.15, 0.2) is 6.10 Å². The van der Waals surface area contributed by atoms with Gasteiger partial charge in [0, 0.05) is 24.5 Å². The summed E-state index contributed by atoms with van der Waals surface area (Å²) >= 11 is 0. The molecule has 2 aromatic carbocycles. The van der Waals surface area contributed by atoms with E-state index in [1.54, 1.807) is 24.3 Å². The van der Waals surface area contributed by atoms with E-state index in [0.29, 0.717) is 24.7 Å². The lowest BCUT2D eigenvalue weighted by atomic mass is 10.2. The zero-order valence-corrected chi connectivity index (χ0v) is 20.5. The highest BCUT2D eigenvalue weighted by molar-refractivity contribution is 7.89. The van der Waals surface area contributed by atoms with Crippen LogP contribution in [0.2, 0.25) is 0 Å². The third kappa shape index (κ3) is 6.51. The van der Waals surface area contributed by atoms with E-state index in [9.17, 15) is 18.0 Å². The van der Waals surface area contributed by atoms with E-state index in [1.165, 1.54) is 37.5 Å². The van der Waals surface area contributed by atoms with Crippen molar-refractivity contribution in [3.63, 3.8) is 0 Å². The van der Waals surface area contributed by atoms with Crippen molar-refractivity contribution in [2.24, 2.45) is 0 Å². The van der Waals surface area contributed by atoms with Crippen molar-refractivity contribution in [1.82, 2.24) is 4.72 Å². The van der Waals surface area contributed by atoms with Gasteiger partial charge in [0.1, 0.15) is 5.76 Å². The van der Waals surface area contributed by atoms with Crippen LogP contribution in [0.5, 0.6) is 0 Å². The summed E-state index contributed by atoms with van der Waals surface area (Å²) in [4.78, 5) is 27.2. The Labute approximate surface area is 209 Å². The van der Waals surface area contributed by atoms with E-state index in [0.717, 1.165) is 18.8 Å². The maximum Gasteiger partial charge on any atom is 0.338 e. The fourth-order valence-electron chi connectivity index (χ4n) is 3.54. The number of carbonyl (C=O) groups is 2. The Hall–Kier alpha value is -3.67. The molecule has 2 heterocycles. The van der Waals surface area contributed by atoms with Crippen LogP contribution in [0.4, 0.5) is 11.4 Å². The van der Waals surface area contributed by atoms with Crippen LogP contribution in [0, 0.1) is 0 Å². The highest BCUT2D eigenvalue weighted by atomic mass is 32.2. The average molecular weight is 514 g/mol. The molecule has 1 aliphatic heterocycles. The third-order valence-electron chi connectivity index (χ3n) is 5.58. The van der Waals surface area contributed by atoms with Crippen LogP contribution in [0.25, 0.3) is 0 Å². The van der Waals surface area contributed by atoms with E-state index in [4.69, 9.17) is 13.9 Å². The normalized spacial score (nSPS) is 14.8. The number of anilines is 2. The van der Waals surface area contributed by atoms with Crippen LogP contribution in [0.3, 0.4) is 0 Å². The van der Waals surface area contributed by atoms with Gasteiger partial charge < -0.3 is 24.1 Å². The number of hydrogen-bond donors (Lipinski definition) is 2. The molecule has 2 N–H and O–H groups in total. The molecule has 0 bridgehead atoms. The molecule has 1 amide bonds. The predicted octanol–water partition coefficient (Wildman–Crippen LogP) is 2.78. The van der Waals surface area contributed by atoms with Crippen LogP contribution in [0.15, 0.2) is 76.2 Å². The minimum absolute atomic E-state index is 0.00168. The molecule has 11 heteroatoms. The molecule has 1 saturated heterocycles. The van der Waals surface area contributed by atoms with Gasteiger partial charge in [-0.15, -0.1) is 0 Å². The number of rotatable bonds is 9. The molecule has 0 spiro atoms. The zero-order chi connectivity index (χ0) is 25.5. The summed E-state index contributed by atoms with van der Waals surface area (Å²) in [5.41, 5.74) is 1.74. The lowest BCUT2D eigenvalue weighted by Gasteiger charge is -2.28. The summed E-state index contributed by atoms with van der Waals surface area (Å²) < 4.78 is 43.0. The van der Waals surface area contributed by atoms with Crippen molar-refractivity contribution < 1.29 is 31.9 Å². The minimum Gasteiger partial charge on any atom is -0.468 e. The molecule has 0 radical (unpaired) electrons. The van der Waals surface area contributed by atoms with Gasteiger partial charge in [0.2, 0.25) is 10.0 Å². The number of ether oxygens (including phenoxy) is 2. The number of furan rings is 1. The van der Waals surface area contributed by atoms with Crippen LogP contribution < -0.4 is 14.9 Å². The molecule has 0 unspecified atom stereocenters. The number of nitrogens with one attached hydrogen (secondary N) is 2. The number of morpholine rings is 1. The van der Waals surface area contributed by atoms with E-state index in [1.807, 2.05) is 12.1 Å². The quantitative estimate of drug-likeness (QED) is 0.418. The van der Waals surface area contributed by atoms with E-state index < -0.39 is 28.0 Å². The summed E-state index contributed by atoms with van der Waals surface area (Å²) in [6.45, 7) is 4.46. The van der Waals surface area contributed by atoms with Gasteiger partial charge in [0.05, 0.1) is 36.5 Å². The molecule has 36 heavy (non-hydrogen) atoms. The second-order valence-corrected chi connectivity index (χ2v) is 9.88. The standard InChI is InChI=1S/C25H27N3O7S/c1-18(24(29)27-20-6-8-21(9-7-20)28-12-15-33-16-13-28)35-25(30)19-4-10-23(11-5-19)36(31,32)26-17-22-3-2-14-34-22/h2-11,14,18,26H,12-13,15-17H2,1H3,(H,27,29)/t18-/m1/s1. The molecule has 3 aromatic rings. The first-order chi connectivity index (χ1) is 17.3. The second-order valence-electron chi connectivity index (χ2n) is 8.11. The molecule has 0 aliphatic carbocycles. The molecule has 1 aliphatic rings. The minimum atomic E-state index is -3.80. The monoisotopic (exact) mass is 513 g/mol. The Morgan fingerprint density at radius 1 is 1.03 bits per heavy atom. The van der Waals surface area contributed by atoms with Gasteiger partial charge in [-0.05, 0) is 67.6 Å². The lowest BCUT2D eigenvalue weighted by molar-refractivity contribution is -0.123. The molecule has 4 rings (SSSR count). The Balaban J connectivity index is 1.29. The number of nitrogens with zero attached hydrogens (tertiary/aromatic N) is 1. The molecule has 10 nitrogen and oxygen atoms in total. The fraction of sp³-hybridized carbons (Fsp3) is 0.280. The number of hydrogen-bond acceptors (Lipinski definition) is 8. The van der Waals surface area contributed by atoms with E-state index in [-0.39, 0.29) is 17.0 Å². The van der Waals surface area contributed by atoms with E-state index in [2.05, 4.69) is 14.9 Å². The molecule has 190 valence electrons. The topological polar surface area (TPSA) is 127 Å². The number of esters is 1. The van der Waals surface area contributed by atoms with Gasteiger partial charge in [-0.1, -0.05) is 0 Å². The summed E-state index contributed by atoms with van der Waals surface area (Å²) in [6, 6.07) is 16.0. The summed E-state index contributed by atoms with van der Waals surface area (Å²) in [5.74, 6) is -0.754. The molecule has 1 atom stereocenters. The van der Waals surface area contributed by atoms with Gasteiger partial charge >= 0.3 is 5.97 Å². The number of sulfonamides is 1. The maximum absolute atomic E-state index is 12.5. The molecular formula is C25H27N3O7S. The SMILES string of the molecule is C[C@@H](OC(=O)c1ccc(S(=O)(=O)NCc2ccco2)cc1)C(=O)Nc1ccc(N2CCOCC2)cc1. The molecule has 1 aromatic heterocycles. The molecule has 0 saturated carbocycles. The average Bonchev–Trinajstić information content (AvgIpc) is 3.42. The van der Waals surface area contributed by atoms with Crippen molar-refractivity contribution in [1.29, 1.82) is 0 Å². The zero-order valence-electron chi connectivity index (χ0n) is 19.7. The van der Waals surface area contributed by atoms with Crippen LogP contribution in [0.1, 0.15) is 23.0 Å². The summed E-state index contributed by atoms with van der Waals surface area (Å²) in [5, 5.41) is 2.73. The van der Waals surface area contributed by atoms with Crippen molar-refractivity contribution >= 4 is 33.3 Å². The molecular weight excluding hydrogens is 486 g/mol. The largest absolute Gasteiger partial charge is 0.468 e. The van der Waals surface area contributed by atoms with Gasteiger partial charge in [-0.3, -0.25) is 4.79 Å². The number of amides is 1. The van der Waals surface area contributed by atoms with Gasteiger partial charge in [-0.2, -0.15) is 0 Å². The maximum atomic E-state index is 12.5. The number of benzene rings is 2. The highest BCUT2D eigenvalue weighted by Crippen LogP contribution is 2.19. The Bertz CT molecular complexity index is 1270. The van der Waals surface area contributed by atoms with E-state index >= 15 is 0 Å². The lowest BCUT2D eigenvalue weighted by Crippen LogP contribution is -2.36. The second kappa shape index (κ2) is 11.4. The van der Waals surface area contributed by atoms with Crippen molar-refractivity contribution in [2.75, 3.05) is 36.5 Å². The van der Waals surface area contributed by atoms with Crippen molar-refractivity contribution in [3.05, 3.63) is 78.3 Å². The van der Waals surface area contributed by atoms with Crippen LogP contribution in [-0.2, 0) is 30.8 Å². The number of carbonyl (C=O) groups excluding carboxylic acids is 2. The Kier molecular flexibility index (Phi) is 8.04. The van der Waals surface area contributed by atoms with Crippen molar-refractivity contribution in [3.8, 4) is 0 Å². The fourth-order valence-corrected chi connectivity index (χ4v) is 4.53. The first kappa shape index (κ1) is 25.4. The van der Waals surface area contributed by atoms with Gasteiger partial charge in [0.25, 0.3) is 5.91 Å². The Morgan fingerprint density at radius 2 is 1.72 bits per heavy atom. The Morgan fingerprint density at radius 3 is 2.36 bits per heavy atom. The smallest absolute Gasteiger partial charge is 0.338 e. The van der Waals surface area contributed by atoms with Crippen molar-refractivity contribution in [2.45, 2.75) is 24.5 Å². The molecule has 1 fully saturated rings. The summed E-state index contributed by atoms with van der Waals surface area (Å²) in [7, 11) is -3.80. The van der Waals surface area contributed by atoms with Crippen LogP contribution in [-0.4, -0.2) is 52.7 Å². The third-order valence-corrected chi connectivity index (χ3v) is 7.00. The first-order valence-electron chi connectivity index (χ1n) is 11.4. The summed E-state index contributed by atoms with van der Waals surface area (Å²) in [6.07, 6.45) is 0.392. The van der Waals surface area contributed by atoms with Crippen LogP contribution >= 0.6 is 0 Å².